The highest BCUT2D eigenvalue weighted by molar-refractivity contribution is 5.90. The number of amides is 1. The first kappa shape index (κ1) is 14.5. The van der Waals surface area contributed by atoms with E-state index < -0.39 is 11.7 Å². The van der Waals surface area contributed by atoms with Crippen LogP contribution in [0.4, 0.5) is 18.9 Å². The summed E-state index contributed by atoms with van der Waals surface area (Å²) in [4.78, 5) is 11.4. The molecule has 0 saturated heterocycles. The number of rotatable bonds is 5. The summed E-state index contributed by atoms with van der Waals surface area (Å²) < 4.78 is 37.3. The van der Waals surface area contributed by atoms with Crippen molar-refractivity contribution in [1.82, 2.24) is 0 Å². The Bertz CT molecular complexity index is 405. The van der Waals surface area contributed by atoms with Crippen LogP contribution in [0.25, 0.3) is 0 Å². The van der Waals surface area contributed by atoms with Crippen LogP contribution in [0.2, 0.25) is 0 Å². The molecule has 0 radical (unpaired) electrons. The quantitative estimate of drug-likeness (QED) is 0.800. The van der Waals surface area contributed by atoms with Gasteiger partial charge in [0.05, 0.1) is 5.56 Å². The minimum absolute atomic E-state index is 0.155. The second kappa shape index (κ2) is 6.39. The van der Waals surface area contributed by atoms with E-state index in [1.165, 1.54) is 12.1 Å². The predicted molar refractivity (Wildman–Crippen MR) is 63.0 cm³/mol. The molecule has 1 amide bonds. The van der Waals surface area contributed by atoms with Gasteiger partial charge in [0, 0.05) is 12.1 Å². The van der Waals surface area contributed by atoms with Gasteiger partial charge < -0.3 is 11.1 Å². The van der Waals surface area contributed by atoms with Crippen molar-refractivity contribution in [1.29, 1.82) is 0 Å². The van der Waals surface area contributed by atoms with E-state index in [1.54, 1.807) is 0 Å². The number of halogens is 3. The van der Waals surface area contributed by atoms with E-state index in [-0.39, 0.29) is 18.0 Å². The van der Waals surface area contributed by atoms with Crippen LogP contribution in [0.3, 0.4) is 0 Å². The molecular weight excluding hydrogens is 245 g/mol. The lowest BCUT2D eigenvalue weighted by Gasteiger charge is -2.09. The fraction of sp³-hybridized carbons (Fsp3) is 0.417. The van der Waals surface area contributed by atoms with Crippen molar-refractivity contribution in [2.45, 2.75) is 25.4 Å². The summed E-state index contributed by atoms with van der Waals surface area (Å²) >= 11 is 0. The zero-order chi connectivity index (χ0) is 13.6. The standard InChI is InChI=1S/C12H15F3N2O/c13-12(14,15)9-4-3-5-10(8-9)17-11(18)6-1-2-7-16/h3-5,8H,1-2,6-7,16H2,(H,17,18). The maximum absolute atomic E-state index is 12.4. The molecular formula is C12H15F3N2O. The Kier molecular flexibility index (Phi) is 5.15. The molecule has 0 aliphatic carbocycles. The second-order valence-corrected chi connectivity index (χ2v) is 3.87. The Balaban J connectivity index is 2.60. The van der Waals surface area contributed by atoms with Crippen LogP contribution in [0.5, 0.6) is 0 Å². The summed E-state index contributed by atoms with van der Waals surface area (Å²) in [5, 5.41) is 2.43. The van der Waals surface area contributed by atoms with E-state index in [2.05, 4.69) is 5.32 Å². The molecule has 3 nitrogen and oxygen atoms in total. The van der Waals surface area contributed by atoms with Crippen LogP contribution in [-0.2, 0) is 11.0 Å². The number of alkyl halides is 3. The fourth-order valence-electron chi connectivity index (χ4n) is 1.43. The average Bonchev–Trinajstić information content (AvgIpc) is 2.28. The Labute approximate surface area is 103 Å². The van der Waals surface area contributed by atoms with Crippen molar-refractivity contribution in [3.05, 3.63) is 29.8 Å². The van der Waals surface area contributed by atoms with E-state index in [1.807, 2.05) is 0 Å². The third-order valence-corrected chi connectivity index (χ3v) is 2.33. The van der Waals surface area contributed by atoms with Gasteiger partial charge in [-0.15, -0.1) is 0 Å². The number of carbonyl (C=O) groups is 1. The molecule has 0 spiro atoms. The summed E-state index contributed by atoms with van der Waals surface area (Å²) in [6.07, 6.45) is -2.80. The highest BCUT2D eigenvalue weighted by atomic mass is 19.4. The molecule has 0 atom stereocenters. The lowest BCUT2D eigenvalue weighted by atomic mass is 10.2. The van der Waals surface area contributed by atoms with E-state index in [9.17, 15) is 18.0 Å². The molecule has 1 aromatic rings. The van der Waals surface area contributed by atoms with Crippen molar-refractivity contribution < 1.29 is 18.0 Å². The first-order valence-corrected chi connectivity index (χ1v) is 5.60. The SMILES string of the molecule is NCCCCC(=O)Nc1cccc(C(F)(F)F)c1. The van der Waals surface area contributed by atoms with Gasteiger partial charge in [-0.1, -0.05) is 6.07 Å². The first-order chi connectivity index (χ1) is 8.43. The molecule has 6 heteroatoms. The van der Waals surface area contributed by atoms with E-state index >= 15 is 0 Å². The molecule has 0 fully saturated rings. The minimum Gasteiger partial charge on any atom is -0.330 e. The molecule has 3 N–H and O–H groups in total. The highest BCUT2D eigenvalue weighted by Crippen LogP contribution is 2.30. The molecule has 0 aromatic heterocycles. The van der Waals surface area contributed by atoms with E-state index in [0.29, 0.717) is 13.0 Å². The number of carbonyl (C=O) groups excluding carboxylic acids is 1. The number of unbranched alkanes of at least 4 members (excludes halogenated alkanes) is 1. The molecule has 0 aliphatic heterocycles. The Hall–Kier alpha value is -1.56. The number of hydrogen-bond donors (Lipinski definition) is 2. The van der Waals surface area contributed by atoms with Gasteiger partial charge in [-0.3, -0.25) is 4.79 Å². The largest absolute Gasteiger partial charge is 0.416 e. The number of benzene rings is 1. The zero-order valence-electron chi connectivity index (χ0n) is 9.76. The summed E-state index contributed by atoms with van der Waals surface area (Å²) in [6.45, 7) is 0.497. The van der Waals surface area contributed by atoms with Crippen molar-refractivity contribution in [3.8, 4) is 0 Å². The molecule has 0 aliphatic rings. The van der Waals surface area contributed by atoms with Gasteiger partial charge in [0.25, 0.3) is 0 Å². The molecule has 0 heterocycles. The van der Waals surface area contributed by atoms with Gasteiger partial charge in [0.2, 0.25) is 5.91 Å². The van der Waals surface area contributed by atoms with Crippen molar-refractivity contribution in [3.63, 3.8) is 0 Å². The van der Waals surface area contributed by atoms with Crippen LogP contribution in [0.15, 0.2) is 24.3 Å². The monoisotopic (exact) mass is 260 g/mol. The van der Waals surface area contributed by atoms with Crippen LogP contribution < -0.4 is 11.1 Å². The van der Waals surface area contributed by atoms with Crippen LogP contribution in [0.1, 0.15) is 24.8 Å². The molecule has 0 saturated carbocycles. The van der Waals surface area contributed by atoms with Crippen LogP contribution in [0, 0.1) is 0 Å². The number of hydrogen-bond acceptors (Lipinski definition) is 2. The van der Waals surface area contributed by atoms with E-state index in [4.69, 9.17) is 5.73 Å². The second-order valence-electron chi connectivity index (χ2n) is 3.87. The van der Waals surface area contributed by atoms with Crippen LogP contribution in [-0.4, -0.2) is 12.5 Å². The van der Waals surface area contributed by atoms with Gasteiger partial charge in [-0.25, -0.2) is 0 Å². The summed E-state index contributed by atoms with van der Waals surface area (Å²) in [6, 6.07) is 4.57. The maximum Gasteiger partial charge on any atom is 0.416 e. The minimum atomic E-state index is -4.40. The Morgan fingerprint density at radius 1 is 1.28 bits per heavy atom. The van der Waals surface area contributed by atoms with Gasteiger partial charge in [-0.2, -0.15) is 13.2 Å². The third-order valence-electron chi connectivity index (χ3n) is 2.33. The number of nitrogens with two attached hydrogens (primary N) is 1. The first-order valence-electron chi connectivity index (χ1n) is 5.60. The van der Waals surface area contributed by atoms with Crippen molar-refractivity contribution in [2.24, 2.45) is 5.73 Å². The third kappa shape index (κ3) is 4.75. The molecule has 18 heavy (non-hydrogen) atoms. The summed E-state index contributed by atoms with van der Waals surface area (Å²) in [7, 11) is 0. The van der Waals surface area contributed by atoms with Gasteiger partial charge in [-0.05, 0) is 37.6 Å². The zero-order valence-corrected chi connectivity index (χ0v) is 9.76. The Morgan fingerprint density at radius 2 is 2.00 bits per heavy atom. The molecule has 100 valence electrons. The Morgan fingerprint density at radius 3 is 2.61 bits per heavy atom. The van der Waals surface area contributed by atoms with Crippen molar-refractivity contribution >= 4 is 11.6 Å². The summed E-state index contributed by atoms with van der Waals surface area (Å²) in [5.41, 5.74) is 4.66. The average molecular weight is 260 g/mol. The maximum atomic E-state index is 12.4. The molecule has 0 unspecified atom stereocenters. The normalized spacial score (nSPS) is 11.3. The fourth-order valence-corrected chi connectivity index (χ4v) is 1.43. The summed E-state index contributed by atoms with van der Waals surface area (Å²) in [5.74, 6) is -0.303. The van der Waals surface area contributed by atoms with E-state index in [0.717, 1.165) is 18.6 Å². The lowest BCUT2D eigenvalue weighted by Crippen LogP contribution is -2.13. The highest BCUT2D eigenvalue weighted by Gasteiger charge is 2.30. The van der Waals surface area contributed by atoms with Gasteiger partial charge >= 0.3 is 6.18 Å². The van der Waals surface area contributed by atoms with Crippen LogP contribution >= 0.6 is 0 Å². The number of anilines is 1. The molecule has 1 aromatic carbocycles. The number of nitrogens with one attached hydrogen (secondary N) is 1. The van der Waals surface area contributed by atoms with Crippen molar-refractivity contribution in [2.75, 3.05) is 11.9 Å². The van der Waals surface area contributed by atoms with Gasteiger partial charge in [0.1, 0.15) is 0 Å². The lowest BCUT2D eigenvalue weighted by molar-refractivity contribution is -0.137. The molecule has 0 bridgehead atoms. The predicted octanol–water partition coefficient (Wildman–Crippen LogP) is 2.77. The molecule has 1 rings (SSSR count). The van der Waals surface area contributed by atoms with Gasteiger partial charge in [0.15, 0.2) is 0 Å². The smallest absolute Gasteiger partial charge is 0.330 e. The topological polar surface area (TPSA) is 55.1 Å².